The van der Waals surface area contributed by atoms with E-state index in [4.69, 9.17) is 0 Å². The van der Waals surface area contributed by atoms with Gasteiger partial charge in [0.1, 0.15) is 0 Å². The molecule has 5 nitrogen and oxygen atoms in total. The van der Waals surface area contributed by atoms with Crippen molar-refractivity contribution in [3.05, 3.63) is 0 Å². The fraction of sp³-hybridized carbons (Fsp3) is 0.964. The van der Waals surface area contributed by atoms with Crippen molar-refractivity contribution in [2.75, 3.05) is 26.2 Å². The van der Waals surface area contributed by atoms with E-state index in [1.165, 1.54) is 44.9 Å². The number of fused-ring (bicyclic) bond motifs is 5. The summed E-state index contributed by atoms with van der Waals surface area (Å²) in [4.78, 5) is 13.9. The smallest absolute Gasteiger partial charge is 0.303 e. The van der Waals surface area contributed by atoms with Crippen molar-refractivity contribution < 1.29 is 15.0 Å². The number of aliphatic carboxylic acids is 1. The number of aliphatic hydroxyl groups is 1. The van der Waals surface area contributed by atoms with Gasteiger partial charge in [0.15, 0.2) is 0 Å². The zero-order valence-corrected chi connectivity index (χ0v) is 21.3. The normalized spacial score (nSPS) is 49.0. The summed E-state index contributed by atoms with van der Waals surface area (Å²) in [5, 5.41) is 24.2. The SMILES string of the molecule is C[C@@H](CCC(=O)O)[C@H]1CCC2C3CC(O)[C@@H]4CC(N5CCNCC5)CC[C@]4(C)C3CCC21C. The van der Waals surface area contributed by atoms with Gasteiger partial charge >= 0.3 is 5.97 Å². The number of hydrogen-bond acceptors (Lipinski definition) is 4. The Morgan fingerprint density at radius 3 is 2.42 bits per heavy atom. The average Bonchev–Trinajstić information content (AvgIpc) is 3.15. The molecule has 0 spiro atoms. The molecule has 0 radical (unpaired) electrons. The van der Waals surface area contributed by atoms with Crippen LogP contribution in [-0.4, -0.2) is 59.4 Å². The van der Waals surface area contributed by atoms with Crippen molar-refractivity contribution in [1.29, 1.82) is 0 Å². The summed E-state index contributed by atoms with van der Waals surface area (Å²) in [6.45, 7) is 11.9. The van der Waals surface area contributed by atoms with Gasteiger partial charge < -0.3 is 15.5 Å². The molecule has 5 aliphatic rings. The first kappa shape index (κ1) is 24.1. The zero-order valence-electron chi connectivity index (χ0n) is 21.3. The Labute approximate surface area is 201 Å². The van der Waals surface area contributed by atoms with Gasteiger partial charge in [-0.05, 0) is 104 Å². The lowest BCUT2D eigenvalue weighted by Crippen LogP contribution is -2.60. The number of nitrogens with one attached hydrogen (secondary N) is 1. The molecule has 0 bridgehead atoms. The Balaban J connectivity index is 1.31. The number of carbonyl (C=O) groups is 1. The first-order valence-corrected chi connectivity index (χ1v) is 14.1. The van der Waals surface area contributed by atoms with E-state index in [-0.39, 0.29) is 6.10 Å². The Kier molecular flexibility index (Phi) is 6.63. The summed E-state index contributed by atoms with van der Waals surface area (Å²) in [5.41, 5.74) is 0.626. The standard InChI is InChI=1S/C28H48N2O3/c1-18(4-7-26(32)33)21-5-6-22-20-17-25(31)24-16-19(30-14-12-29-13-15-30)8-10-28(24,3)23(20)9-11-27(21,22)2/h18-25,29,31H,4-17H2,1-3H3,(H,32,33)/t18-,19?,20?,21+,22?,23?,24-,25?,27?,28+/m0/s1. The Morgan fingerprint density at radius 2 is 1.70 bits per heavy atom. The second-order valence-corrected chi connectivity index (χ2v) is 13.1. The van der Waals surface area contributed by atoms with Gasteiger partial charge in [-0.25, -0.2) is 0 Å². The van der Waals surface area contributed by atoms with Crippen molar-refractivity contribution >= 4 is 5.97 Å². The maximum atomic E-state index is 11.6. The summed E-state index contributed by atoms with van der Waals surface area (Å²) in [5.74, 6) is 3.08. The van der Waals surface area contributed by atoms with Gasteiger partial charge in [-0.2, -0.15) is 0 Å². The highest BCUT2D eigenvalue weighted by atomic mass is 16.4. The molecule has 1 heterocycles. The topological polar surface area (TPSA) is 72.8 Å². The molecular formula is C28H48N2O3. The Bertz CT molecular complexity index is 724. The average molecular weight is 461 g/mol. The summed E-state index contributed by atoms with van der Waals surface area (Å²) in [6, 6.07) is 0.663. The van der Waals surface area contributed by atoms with Crippen molar-refractivity contribution in [2.45, 2.75) is 97.1 Å². The molecule has 1 saturated heterocycles. The molecule has 5 heteroatoms. The highest BCUT2D eigenvalue weighted by molar-refractivity contribution is 5.66. The van der Waals surface area contributed by atoms with Crippen LogP contribution in [0.4, 0.5) is 0 Å². The maximum Gasteiger partial charge on any atom is 0.303 e. The zero-order chi connectivity index (χ0) is 23.4. The quantitative estimate of drug-likeness (QED) is 0.567. The van der Waals surface area contributed by atoms with Crippen molar-refractivity contribution in [1.82, 2.24) is 10.2 Å². The first-order valence-electron chi connectivity index (χ1n) is 14.1. The molecular weight excluding hydrogens is 412 g/mol. The fourth-order valence-electron chi connectivity index (χ4n) is 10.2. The fourth-order valence-corrected chi connectivity index (χ4v) is 10.2. The van der Waals surface area contributed by atoms with Crippen LogP contribution >= 0.6 is 0 Å². The summed E-state index contributed by atoms with van der Waals surface area (Å²) in [7, 11) is 0. The van der Waals surface area contributed by atoms with E-state index >= 15 is 0 Å². The van der Waals surface area contributed by atoms with E-state index < -0.39 is 5.97 Å². The van der Waals surface area contributed by atoms with Crippen molar-refractivity contribution in [3.8, 4) is 0 Å². The van der Waals surface area contributed by atoms with E-state index in [1.54, 1.807) is 0 Å². The van der Waals surface area contributed by atoms with Crippen LogP contribution in [0.3, 0.4) is 0 Å². The first-order chi connectivity index (χ1) is 15.7. The van der Waals surface area contributed by atoms with E-state index in [9.17, 15) is 15.0 Å². The minimum absolute atomic E-state index is 0.146. The number of aliphatic hydroxyl groups excluding tert-OH is 1. The molecule has 1 aliphatic heterocycles. The third-order valence-corrected chi connectivity index (χ3v) is 11.9. The van der Waals surface area contributed by atoms with Crippen LogP contribution in [0.2, 0.25) is 0 Å². The Hall–Kier alpha value is -0.650. The van der Waals surface area contributed by atoms with Gasteiger partial charge in [-0.3, -0.25) is 9.69 Å². The van der Waals surface area contributed by atoms with Crippen LogP contribution < -0.4 is 5.32 Å². The molecule has 33 heavy (non-hydrogen) atoms. The minimum atomic E-state index is -0.656. The van der Waals surface area contributed by atoms with E-state index in [0.29, 0.717) is 52.9 Å². The summed E-state index contributed by atoms with van der Waals surface area (Å²) in [6.07, 6.45) is 10.9. The second kappa shape index (κ2) is 9.09. The number of carboxylic acid groups (broad SMARTS) is 1. The molecule has 0 aromatic heterocycles. The van der Waals surface area contributed by atoms with E-state index in [1.807, 2.05) is 0 Å². The molecule has 0 aromatic rings. The second-order valence-electron chi connectivity index (χ2n) is 13.1. The third-order valence-electron chi connectivity index (χ3n) is 11.9. The van der Waals surface area contributed by atoms with Crippen molar-refractivity contribution in [3.63, 3.8) is 0 Å². The monoisotopic (exact) mass is 460 g/mol. The predicted molar refractivity (Wildman–Crippen MR) is 131 cm³/mol. The van der Waals surface area contributed by atoms with E-state index in [0.717, 1.165) is 44.9 Å². The number of carboxylic acids is 1. The van der Waals surface area contributed by atoms with Gasteiger partial charge in [0.2, 0.25) is 0 Å². The van der Waals surface area contributed by atoms with Crippen LogP contribution in [0.5, 0.6) is 0 Å². The molecule has 5 rings (SSSR count). The number of hydrogen-bond donors (Lipinski definition) is 3. The van der Waals surface area contributed by atoms with Crippen LogP contribution in [0.1, 0.15) is 85.0 Å². The highest BCUT2D eigenvalue weighted by Crippen LogP contribution is 2.68. The van der Waals surface area contributed by atoms with Gasteiger partial charge in [-0.1, -0.05) is 20.8 Å². The maximum absolute atomic E-state index is 11.6. The van der Waals surface area contributed by atoms with Crippen LogP contribution in [0, 0.1) is 46.3 Å². The number of rotatable bonds is 5. The molecule has 4 saturated carbocycles. The summed E-state index contributed by atoms with van der Waals surface area (Å²) < 4.78 is 0. The number of nitrogens with zero attached hydrogens (tertiary/aromatic N) is 1. The van der Waals surface area contributed by atoms with Crippen molar-refractivity contribution in [2.24, 2.45) is 46.3 Å². The number of piperazine rings is 1. The molecule has 0 aromatic carbocycles. The molecule has 0 amide bonds. The molecule has 3 N–H and O–H groups in total. The van der Waals surface area contributed by atoms with Crippen LogP contribution in [0.25, 0.3) is 0 Å². The lowest BCUT2D eigenvalue weighted by atomic mass is 9.43. The van der Waals surface area contributed by atoms with Gasteiger partial charge in [0, 0.05) is 38.6 Å². The molecule has 6 unspecified atom stereocenters. The summed E-state index contributed by atoms with van der Waals surface area (Å²) >= 11 is 0. The van der Waals surface area contributed by atoms with Gasteiger partial charge in [0.05, 0.1) is 6.10 Å². The van der Waals surface area contributed by atoms with Crippen LogP contribution in [0.15, 0.2) is 0 Å². The van der Waals surface area contributed by atoms with Gasteiger partial charge in [-0.15, -0.1) is 0 Å². The molecule has 5 fully saturated rings. The molecule has 188 valence electrons. The lowest BCUT2D eigenvalue weighted by Gasteiger charge is -2.63. The predicted octanol–water partition coefficient (Wildman–Crippen LogP) is 4.39. The van der Waals surface area contributed by atoms with E-state index in [2.05, 4.69) is 31.0 Å². The Morgan fingerprint density at radius 1 is 1.00 bits per heavy atom. The van der Waals surface area contributed by atoms with Crippen LogP contribution in [-0.2, 0) is 4.79 Å². The largest absolute Gasteiger partial charge is 0.481 e. The highest BCUT2D eigenvalue weighted by Gasteiger charge is 2.62. The third kappa shape index (κ3) is 4.08. The minimum Gasteiger partial charge on any atom is -0.481 e. The van der Waals surface area contributed by atoms with Gasteiger partial charge in [0.25, 0.3) is 0 Å². The molecule has 4 aliphatic carbocycles. The molecule has 10 atom stereocenters. The lowest BCUT2D eigenvalue weighted by molar-refractivity contribution is -0.168.